The summed E-state index contributed by atoms with van der Waals surface area (Å²) in [5, 5.41) is 13.5. The summed E-state index contributed by atoms with van der Waals surface area (Å²) in [6.45, 7) is 4.52. The first-order valence-electron chi connectivity index (χ1n) is 11.2. The molecule has 3 nitrogen and oxygen atoms in total. The van der Waals surface area contributed by atoms with E-state index in [1.165, 1.54) is 0 Å². The number of aliphatic carboxylic acids is 1. The van der Waals surface area contributed by atoms with Crippen LogP contribution < -0.4 is 0 Å². The number of carboxylic acids is 1. The summed E-state index contributed by atoms with van der Waals surface area (Å²) in [5.41, 5.74) is 6.23. The number of likely N-dealkylation sites (N-methyl/N-ethyl adjacent to an activating group) is 1. The van der Waals surface area contributed by atoms with Crippen LogP contribution in [0.15, 0.2) is 72.8 Å². The van der Waals surface area contributed by atoms with E-state index in [1.807, 2.05) is 55.3 Å². The minimum Gasteiger partial charge on any atom is -0.480 e. The maximum absolute atomic E-state index is 12.1. The van der Waals surface area contributed by atoms with Crippen LogP contribution in [0.3, 0.4) is 0 Å². The van der Waals surface area contributed by atoms with Crippen LogP contribution >= 0.6 is 23.2 Å². The Kier molecular flexibility index (Phi) is 7.27. The van der Waals surface area contributed by atoms with E-state index >= 15 is 0 Å². The Bertz CT molecular complexity index is 1330. The average molecular weight is 492 g/mol. The minimum atomic E-state index is -0.850. The Morgan fingerprint density at radius 1 is 0.882 bits per heavy atom. The van der Waals surface area contributed by atoms with Gasteiger partial charge in [0.1, 0.15) is 6.04 Å². The fourth-order valence-corrected chi connectivity index (χ4v) is 5.07. The molecular weight excluding hydrogens is 465 g/mol. The number of carbonyl (C=O) groups is 1. The second-order valence-electron chi connectivity index (χ2n) is 8.84. The van der Waals surface area contributed by atoms with E-state index in [0.717, 1.165) is 49.2 Å². The van der Waals surface area contributed by atoms with Crippen LogP contribution in [0, 0.1) is 13.8 Å². The van der Waals surface area contributed by atoms with Gasteiger partial charge in [0.25, 0.3) is 0 Å². The molecule has 0 aromatic heterocycles. The lowest BCUT2D eigenvalue weighted by molar-refractivity contribution is -0.142. The monoisotopic (exact) mass is 491 g/mol. The Labute approximate surface area is 210 Å². The van der Waals surface area contributed by atoms with Crippen molar-refractivity contribution in [2.24, 2.45) is 0 Å². The summed E-state index contributed by atoms with van der Waals surface area (Å²) in [6, 6.07) is 23.4. The van der Waals surface area contributed by atoms with Crippen molar-refractivity contribution in [3.05, 3.63) is 105 Å². The molecule has 1 unspecified atom stereocenters. The van der Waals surface area contributed by atoms with Gasteiger partial charge in [-0.2, -0.15) is 0 Å². The molecule has 0 aliphatic heterocycles. The van der Waals surface area contributed by atoms with E-state index in [9.17, 15) is 9.90 Å². The number of hydrogen-bond acceptors (Lipinski definition) is 2. The van der Waals surface area contributed by atoms with Crippen molar-refractivity contribution in [1.29, 1.82) is 0 Å². The number of nitrogens with zero attached hydrogens (tertiary/aromatic N) is 1. The second kappa shape index (κ2) is 10.2. The van der Waals surface area contributed by atoms with E-state index in [-0.39, 0.29) is 0 Å². The molecule has 0 heterocycles. The number of hydrogen-bond donors (Lipinski definition) is 1. The Balaban J connectivity index is 1.59. The molecule has 4 aromatic rings. The van der Waals surface area contributed by atoms with Gasteiger partial charge in [-0.15, -0.1) is 0 Å². The predicted molar refractivity (Wildman–Crippen MR) is 142 cm³/mol. The van der Waals surface area contributed by atoms with Gasteiger partial charge < -0.3 is 5.11 Å². The lowest BCUT2D eigenvalue weighted by atomic mass is 9.95. The second-order valence-corrected chi connectivity index (χ2v) is 9.65. The first-order chi connectivity index (χ1) is 16.2. The molecule has 4 rings (SSSR count). The first-order valence-corrected chi connectivity index (χ1v) is 12.0. The van der Waals surface area contributed by atoms with Crippen LogP contribution in [-0.2, 0) is 17.8 Å². The highest BCUT2D eigenvalue weighted by atomic mass is 35.5. The molecule has 5 heteroatoms. The van der Waals surface area contributed by atoms with Gasteiger partial charge in [-0.1, -0.05) is 77.8 Å². The van der Waals surface area contributed by atoms with Gasteiger partial charge in [0.2, 0.25) is 0 Å². The van der Waals surface area contributed by atoms with E-state index < -0.39 is 12.0 Å². The molecule has 0 radical (unpaired) electrons. The number of rotatable bonds is 7. The van der Waals surface area contributed by atoms with Crippen LogP contribution in [0.4, 0.5) is 0 Å². The van der Waals surface area contributed by atoms with Gasteiger partial charge in [-0.3, -0.25) is 9.69 Å². The van der Waals surface area contributed by atoms with Gasteiger partial charge in [-0.05, 0) is 84.1 Å². The summed E-state index contributed by atoms with van der Waals surface area (Å²) in [5.74, 6) is -0.850. The van der Waals surface area contributed by atoms with Crippen molar-refractivity contribution in [3.8, 4) is 11.1 Å². The minimum absolute atomic E-state index is 0.399. The maximum Gasteiger partial charge on any atom is 0.321 e. The normalized spacial score (nSPS) is 12.3. The zero-order valence-electron chi connectivity index (χ0n) is 19.5. The maximum atomic E-state index is 12.1. The van der Waals surface area contributed by atoms with Crippen molar-refractivity contribution in [1.82, 2.24) is 4.90 Å². The van der Waals surface area contributed by atoms with Gasteiger partial charge in [0.05, 0.1) is 0 Å². The summed E-state index contributed by atoms with van der Waals surface area (Å²) in [6.07, 6.45) is 0.399. The molecule has 0 aliphatic carbocycles. The topological polar surface area (TPSA) is 40.5 Å². The van der Waals surface area contributed by atoms with Crippen LogP contribution in [0.5, 0.6) is 0 Å². The van der Waals surface area contributed by atoms with Crippen LogP contribution in [0.2, 0.25) is 10.0 Å². The Morgan fingerprint density at radius 3 is 2.21 bits per heavy atom. The van der Waals surface area contributed by atoms with E-state index in [1.54, 1.807) is 0 Å². The van der Waals surface area contributed by atoms with E-state index in [0.29, 0.717) is 18.0 Å². The quantitative estimate of drug-likeness (QED) is 0.290. The smallest absolute Gasteiger partial charge is 0.321 e. The highest BCUT2D eigenvalue weighted by Gasteiger charge is 2.24. The van der Waals surface area contributed by atoms with E-state index in [2.05, 4.69) is 43.3 Å². The highest BCUT2D eigenvalue weighted by Crippen LogP contribution is 2.33. The van der Waals surface area contributed by atoms with E-state index in [4.69, 9.17) is 23.2 Å². The van der Waals surface area contributed by atoms with Crippen molar-refractivity contribution < 1.29 is 9.90 Å². The molecule has 0 bridgehead atoms. The number of carboxylic acid groups (broad SMARTS) is 1. The van der Waals surface area contributed by atoms with Crippen molar-refractivity contribution in [3.63, 3.8) is 0 Å². The Hall–Kier alpha value is -2.85. The molecule has 0 spiro atoms. The summed E-state index contributed by atoms with van der Waals surface area (Å²) >= 11 is 12.8. The molecular formula is C29H27Cl2NO2. The molecule has 4 aromatic carbocycles. The lowest BCUT2D eigenvalue weighted by Gasteiger charge is -2.26. The summed E-state index contributed by atoms with van der Waals surface area (Å²) < 4.78 is 0. The van der Waals surface area contributed by atoms with Gasteiger partial charge in [0, 0.05) is 22.2 Å². The van der Waals surface area contributed by atoms with Crippen LogP contribution in [0.1, 0.15) is 22.3 Å². The molecule has 1 N–H and O–H groups in total. The van der Waals surface area contributed by atoms with Crippen LogP contribution in [0.25, 0.3) is 21.9 Å². The number of benzene rings is 4. The average Bonchev–Trinajstić information content (AvgIpc) is 2.79. The largest absolute Gasteiger partial charge is 0.480 e. The molecule has 1 atom stereocenters. The van der Waals surface area contributed by atoms with Crippen molar-refractivity contribution in [2.75, 3.05) is 7.05 Å². The SMILES string of the molecule is Cc1cccc(Cl)c1CN(C)C(Cc1ccc2cc(-c3c(C)cccc3Cl)ccc2c1)C(=O)O. The molecule has 0 aliphatic rings. The zero-order chi connectivity index (χ0) is 24.4. The first kappa shape index (κ1) is 24.3. The Morgan fingerprint density at radius 2 is 1.53 bits per heavy atom. The molecule has 34 heavy (non-hydrogen) atoms. The van der Waals surface area contributed by atoms with Crippen LogP contribution in [-0.4, -0.2) is 29.1 Å². The standard InChI is InChI=1S/C29H27Cl2NO2/c1-18-6-4-8-25(30)24(18)17-32(3)27(29(33)34)15-20-10-11-22-16-23(13-12-21(22)14-20)28-19(2)7-5-9-26(28)31/h4-14,16,27H,15,17H2,1-3H3,(H,33,34). The molecule has 0 saturated carbocycles. The fourth-order valence-electron chi connectivity index (χ4n) is 4.46. The van der Waals surface area contributed by atoms with Gasteiger partial charge >= 0.3 is 5.97 Å². The zero-order valence-corrected chi connectivity index (χ0v) is 21.0. The van der Waals surface area contributed by atoms with Crippen molar-refractivity contribution >= 4 is 39.9 Å². The summed E-state index contributed by atoms with van der Waals surface area (Å²) in [7, 11) is 1.83. The molecule has 174 valence electrons. The number of fused-ring (bicyclic) bond motifs is 1. The molecule has 0 saturated heterocycles. The highest BCUT2D eigenvalue weighted by molar-refractivity contribution is 6.33. The molecule has 0 fully saturated rings. The third-order valence-electron chi connectivity index (χ3n) is 6.42. The predicted octanol–water partition coefficient (Wildman–Crippen LogP) is 7.56. The number of halogens is 2. The van der Waals surface area contributed by atoms with Gasteiger partial charge in [-0.25, -0.2) is 0 Å². The molecule has 0 amide bonds. The van der Waals surface area contributed by atoms with Crippen molar-refractivity contribution in [2.45, 2.75) is 32.9 Å². The lowest BCUT2D eigenvalue weighted by Crippen LogP contribution is -2.39. The third-order valence-corrected chi connectivity index (χ3v) is 7.09. The van der Waals surface area contributed by atoms with Gasteiger partial charge in [0.15, 0.2) is 0 Å². The fraction of sp³-hybridized carbons (Fsp3) is 0.207. The number of aryl methyl sites for hydroxylation is 2. The summed E-state index contributed by atoms with van der Waals surface area (Å²) in [4.78, 5) is 14.0. The third kappa shape index (κ3) is 5.12.